The van der Waals surface area contributed by atoms with Gasteiger partial charge in [0.1, 0.15) is 5.82 Å². The number of rotatable bonds is 6. The van der Waals surface area contributed by atoms with Gasteiger partial charge in [0.2, 0.25) is 0 Å². The molecule has 1 N–H and O–H groups in total. The molecule has 1 aliphatic carbocycles. The number of piperidine rings is 1. The summed E-state index contributed by atoms with van der Waals surface area (Å²) in [6.07, 6.45) is 7.01. The van der Waals surface area contributed by atoms with E-state index in [9.17, 15) is 10.1 Å². The first-order valence-corrected chi connectivity index (χ1v) is 13.0. The molecule has 1 saturated carbocycles. The van der Waals surface area contributed by atoms with E-state index in [1.807, 2.05) is 23.1 Å². The summed E-state index contributed by atoms with van der Waals surface area (Å²) in [5.41, 5.74) is 6.10. The second-order valence-electron chi connectivity index (χ2n) is 9.82. The van der Waals surface area contributed by atoms with E-state index >= 15 is 0 Å². The Balaban J connectivity index is 1.42. The summed E-state index contributed by atoms with van der Waals surface area (Å²) in [5.74, 6) is 2.59. The van der Waals surface area contributed by atoms with Gasteiger partial charge >= 0.3 is 0 Å². The Bertz CT molecular complexity index is 1260. The third kappa shape index (κ3) is 4.48. The molecule has 180 valence electrons. The maximum absolute atomic E-state index is 13.8. The van der Waals surface area contributed by atoms with Crippen molar-refractivity contribution in [2.24, 2.45) is 0 Å². The molecule has 1 amide bonds. The maximum Gasteiger partial charge on any atom is 0.254 e. The fourth-order valence-corrected chi connectivity index (χ4v) is 5.51. The summed E-state index contributed by atoms with van der Waals surface area (Å²) in [7, 11) is 0. The lowest BCUT2D eigenvalue weighted by Gasteiger charge is -2.34. The number of amides is 1. The zero-order valence-corrected chi connectivity index (χ0v) is 20.7. The van der Waals surface area contributed by atoms with Gasteiger partial charge < -0.3 is 9.88 Å². The van der Waals surface area contributed by atoms with E-state index in [-0.39, 0.29) is 5.91 Å². The Hall–Kier alpha value is -3.46. The van der Waals surface area contributed by atoms with Crippen LogP contribution in [-0.4, -0.2) is 39.1 Å². The van der Waals surface area contributed by atoms with Crippen LogP contribution in [0.4, 0.5) is 0 Å². The largest absolute Gasteiger partial charge is 0.339 e. The van der Waals surface area contributed by atoms with Crippen LogP contribution in [0.2, 0.25) is 0 Å². The molecule has 35 heavy (non-hydrogen) atoms. The van der Waals surface area contributed by atoms with Crippen molar-refractivity contribution >= 4 is 5.91 Å². The number of carbonyl (C=O) groups is 1. The number of aromatic amines is 1. The maximum atomic E-state index is 13.8. The number of carbonyl (C=O) groups excluding carboxylic acids is 1. The molecule has 1 saturated heterocycles. The van der Waals surface area contributed by atoms with Crippen LogP contribution in [0.15, 0.2) is 36.4 Å². The van der Waals surface area contributed by atoms with Gasteiger partial charge in [-0.25, -0.2) is 0 Å². The summed E-state index contributed by atoms with van der Waals surface area (Å²) >= 11 is 0. The molecule has 3 aromatic rings. The van der Waals surface area contributed by atoms with E-state index in [0.29, 0.717) is 24.9 Å². The van der Waals surface area contributed by atoms with Crippen molar-refractivity contribution in [3.63, 3.8) is 0 Å². The molecule has 0 radical (unpaired) electrons. The number of nitrogens with one attached hydrogen (secondary N) is 1. The van der Waals surface area contributed by atoms with Gasteiger partial charge in [-0.15, -0.1) is 10.2 Å². The minimum absolute atomic E-state index is 0.102. The molecule has 2 fully saturated rings. The number of hydrogen-bond donors (Lipinski definition) is 1. The van der Waals surface area contributed by atoms with Crippen LogP contribution in [0.3, 0.4) is 0 Å². The number of H-pyrrole nitrogens is 1. The first kappa shape index (κ1) is 23.3. The highest BCUT2D eigenvalue weighted by atomic mass is 16.2. The van der Waals surface area contributed by atoms with Crippen LogP contribution < -0.4 is 0 Å². The molecule has 0 spiro atoms. The standard InChI is InChI=1S/C29H33N5O/c1-3-19-16-24(20-9-7-10-20)26(28-31-27(4-2)32-33-28)17-25(19)29(35)34-14-12-21(13-15-34)23-11-6-5-8-22(23)18-30/h5-6,8,11,16-17,20-21H,3-4,7,9-10,12-15H2,1-2H3,(H,31,32,33). The highest BCUT2D eigenvalue weighted by molar-refractivity contribution is 5.97. The van der Waals surface area contributed by atoms with Crippen molar-refractivity contribution in [1.82, 2.24) is 20.1 Å². The van der Waals surface area contributed by atoms with Crippen LogP contribution in [0, 0.1) is 11.3 Å². The van der Waals surface area contributed by atoms with E-state index < -0.39 is 0 Å². The molecule has 0 atom stereocenters. The molecule has 2 aliphatic rings. The number of aryl methyl sites for hydroxylation is 2. The van der Waals surface area contributed by atoms with Crippen molar-refractivity contribution in [1.29, 1.82) is 5.26 Å². The third-order valence-corrected chi connectivity index (χ3v) is 7.86. The van der Waals surface area contributed by atoms with E-state index in [4.69, 9.17) is 0 Å². The molecule has 2 aromatic carbocycles. The van der Waals surface area contributed by atoms with Crippen LogP contribution in [0.5, 0.6) is 0 Å². The van der Waals surface area contributed by atoms with Gasteiger partial charge in [0, 0.05) is 30.6 Å². The van der Waals surface area contributed by atoms with Crippen molar-refractivity contribution in [2.45, 2.75) is 70.6 Å². The Morgan fingerprint density at radius 2 is 1.77 bits per heavy atom. The zero-order valence-electron chi connectivity index (χ0n) is 20.7. The van der Waals surface area contributed by atoms with Crippen molar-refractivity contribution in [3.05, 3.63) is 70.0 Å². The SMILES string of the molecule is CCc1nnc(-c2cc(C(=O)N3CCC(c4ccccc4C#N)CC3)c(CC)cc2C2CCC2)[nH]1. The monoisotopic (exact) mass is 467 g/mol. The minimum Gasteiger partial charge on any atom is -0.339 e. The predicted molar refractivity (Wildman–Crippen MR) is 136 cm³/mol. The van der Waals surface area contributed by atoms with Gasteiger partial charge in [0.25, 0.3) is 5.91 Å². The van der Waals surface area contributed by atoms with Crippen LogP contribution in [0.1, 0.15) is 96.2 Å². The number of likely N-dealkylation sites (tertiary alicyclic amines) is 1. The fraction of sp³-hybridized carbons (Fsp3) is 0.448. The topological polar surface area (TPSA) is 85.7 Å². The van der Waals surface area contributed by atoms with E-state index in [2.05, 4.69) is 53.3 Å². The Kier molecular flexibility index (Phi) is 6.68. The average molecular weight is 468 g/mol. The van der Waals surface area contributed by atoms with E-state index in [0.717, 1.165) is 65.1 Å². The van der Waals surface area contributed by atoms with E-state index in [1.54, 1.807) is 0 Å². The number of benzene rings is 2. The molecule has 1 aliphatic heterocycles. The summed E-state index contributed by atoms with van der Waals surface area (Å²) < 4.78 is 0. The molecular formula is C29H33N5O. The Morgan fingerprint density at radius 1 is 1.03 bits per heavy atom. The molecule has 6 heteroatoms. The average Bonchev–Trinajstić information content (AvgIpc) is 3.36. The van der Waals surface area contributed by atoms with Gasteiger partial charge in [0.15, 0.2) is 5.82 Å². The van der Waals surface area contributed by atoms with Crippen molar-refractivity contribution in [2.75, 3.05) is 13.1 Å². The lowest BCUT2D eigenvalue weighted by molar-refractivity contribution is 0.0712. The number of nitrogens with zero attached hydrogens (tertiary/aromatic N) is 4. The quantitative estimate of drug-likeness (QED) is 0.500. The summed E-state index contributed by atoms with van der Waals surface area (Å²) in [5, 5.41) is 18.2. The second-order valence-corrected chi connectivity index (χ2v) is 9.82. The Morgan fingerprint density at radius 3 is 2.40 bits per heavy atom. The van der Waals surface area contributed by atoms with Crippen LogP contribution in [-0.2, 0) is 12.8 Å². The first-order chi connectivity index (χ1) is 17.1. The summed E-state index contributed by atoms with van der Waals surface area (Å²) in [6, 6.07) is 14.5. The zero-order chi connectivity index (χ0) is 24.4. The van der Waals surface area contributed by atoms with Gasteiger partial charge in [-0.3, -0.25) is 4.79 Å². The smallest absolute Gasteiger partial charge is 0.254 e. The minimum atomic E-state index is 0.102. The summed E-state index contributed by atoms with van der Waals surface area (Å²) in [6.45, 7) is 5.60. The van der Waals surface area contributed by atoms with Gasteiger partial charge in [-0.05, 0) is 72.8 Å². The first-order valence-electron chi connectivity index (χ1n) is 13.0. The third-order valence-electron chi connectivity index (χ3n) is 7.86. The molecule has 0 bridgehead atoms. The molecule has 2 heterocycles. The molecule has 1 aromatic heterocycles. The van der Waals surface area contributed by atoms with Crippen LogP contribution >= 0.6 is 0 Å². The number of aromatic nitrogens is 3. The van der Waals surface area contributed by atoms with Gasteiger partial charge in [0.05, 0.1) is 11.6 Å². The number of nitriles is 1. The predicted octanol–water partition coefficient (Wildman–Crippen LogP) is 5.76. The Labute approximate surface area is 207 Å². The molecule has 5 rings (SSSR count). The normalized spacial score (nSPS) is 16.7. The fourth-order valence-electron chi connectivity index (χ4n) is 5.51. The van der Waals surface area contributed by atoms with Crippen LogP contribution in [0.25, 0.3) is 11.4 Å². The lowest BCUT2D eigenvalue weighted by Crippen LogP contribution is -2.38. The van der Waals surface area contributed by atoms with Gasteiger partial charge in [-0.2, -0.15) is 5.26 Å². The van der Waals surface area contributed by atoms with E-state index in [1.165, 1.54) is 24.8 Å². The number of hydrogen-bond acceptors (Lipinski definition) is 4. The highest BCUT2D eigenvalue weighted by Gasteiger charge is 2.30. The van der Waals surface area contributed by atoms with Crippen molar-refractivity contribution in [3.8, 4) is 17.5 Å². The molecule has 0 unspecified atom stereocenters. The molecule has 6 nitrogen and oxygen atoms in total. The molecular weight excluding hydrogens is 434 g/mol. The van der Waals surface area contributed by atoms with Gasteiger partial charge in [-0.1, -0.05) is 44.5 Å². The highest BCUT2D eigenvalue weighted by Crippen LogP contribution is 2.42. The lowest BCUT2D eigenvalue weighted by atomic mass is 9.76. The van der Waals surface area contributed by atoms with Crippen molar-refractivity contribution < 1.29 is 4.79 Å². The summed E-state index contributed by atoms with van der Waals surface area (Å²) in [4.78, 5) is 19.1. The second kappa shape index (κ2) is 10.0.